The number of hydrogen-bond acceptors (Lipinski definition) is 3. The van der Waals surface area contributed by atoms with Gasteiger partial charge >= 0.3 is 5.51 Å². The molecule has 0 bridgehead atoms. The SMILES string of the molecule is O=S(=O)(c1cc(F)ccc1N1CCCC2(CC2)C1)C(F)(F)F. The third-order valence-corrected chi connectivity index (χ3v) is 5.99. The molecule has 0 N–H and O–H groups in total. The van der Waals surface area contributed by atoms with Crippen molar-refractivity contribution in [2.24, 2.45) is 5.41 Å². The summed E-state index contributed by atoms with van der Waals surface area (Å²) >= 11 is 0. The van der Waals surface area contributed by atoms with Gasteiger partial charge in [0.15, 0.2) is 0 Å². The first kappa shape index (κ1) is 15.6. The molecule has 1 aromatic rings. The molecule has 0 aromatic heterocycles. The number of halogens is 4. The molecule has 1 aliphatic carbocycles. The quantitative estimate of drug-likeness (QED) is 0.775. The van der Waals surface area contributed by atoms with Gasteiger partial charge in [-0.3, -0.25) is 0 Å². The first-order chi connectivity index (χ1) is 10.1. The van der Waals surface area contributed by atoms with Crippen LogP contribution >= 0.6 is 0 Å². The van der Waals surface area contributed by atoms with Crippen molar-refractivity contribution in [3.8, 4) is 0 Å². The van der Waals surface area contributed by atoms with Gasteiger partial charge in [0.25, 0.3) is 9.84 Å². The third kappa shape index (κ3) is 2.57. The van der Waals surface area contributed by atoms with Gasteiger partial charge in [0, 0.05) is 13.1 Å². The van der Waals surface area contributed by atoms with E-state index >= 15 is 0 Å². The van der Waals surface area contributed by atoms with Crippen molar-refractivity contribution in [2.45, 2.75) is 36.1 Å². The molecule has 122 valence electrons. The average molecular weight is 337 g/mol. The molecular weight excluding hydrogens is 322 g/mol. The van der Waals surface area contributed by atoms with Crippen molar-refractivity contribution in [1.29, 1.82) is 0 Å². The molecule has 1 spiro atoms. The zero-order valence-corrected chi connectivity index (χ0v) is 12.5. The molecule has 1 aliphatic heterocycles. The van der Waals surface area contributed by atoms with Crippen LogP contribution in [0.25, 0.3) is 0 Å². The second kappa shape index (κ2) is 4.84. The molecule has 1 saturated carbocycles. The van der Waals surface area contributed by atoms with Crippen LogP contribution in [0.15, 0.2) is 23.1 Å². The van der Waals surface area contributed by atoms with Gasteiger partial charge in [0.2, 0.25) is 0 Å². The summed E-state index contributed by atoms with van der Waals surface area (Å²) in [4.78, 5) is 0.659. The second-order valence-corrected chi connectivity index (χ2v) is 8.00. The van der Waals surface area contributed by atoms with E-state index in [2.05, 4.69) is 0 Å². The highest BCUT2D eigenvalue weighted by atomic mass is 32.2. The largest absolute Gasteiger partial charge is 0.501 e. The van der Waals surface area contributed by atoms with Gasteiger partial charge in [-0.05, 0) is 49.3 Å². The van der Waals surface area contributed by atoms with E-state index in [1.807, 2.05) is 0 Å². The number of piperidine rings is 1. The van der Waals surface area contributed by atoms with E-state index < -0.39 is 26.1 Å². The zero-order chi connectivity index (χ0) is 16.2. The van der Waals surface area contributed by atoms with Crippen molar-refractivity contribution in [2.75, 3.05) is 18.0 Å². The predicted octanol–water partition coefficient (Wildman–Crippen LogP) is 3.50. The van der Waals surface area contributed by atoms with Crippen molar-refractivity contribution < 1.29 is 26.0 Å². The molecule has 0 unspecified atom stereocenters. The van der Waals surface area contributed by atoms with Gasteiger partial charge in [-0.15, -0.1) is 0 Å². The summed E-state index contributed by atoms with van der Waals surface area (Å²) in [7, 11) is -5.58. The van der Waals surface area contributed by atoms with Gasteiger partial charge in [0.05, 0.1) is 5.69 Å². The van der Waals surface area contributed by atoms with Gasteiger partial charge in [-0.1, -0.05) is 0 Å². The van der Waals surface area contributed by atoms with E-state index in [0.29, 0.717) is 19.2 Å². The molecule has 2 aliphatic rings. The Morgan fingerprint density at radius 2 is 1.82 bits per heavy atom. The van der Waals surface area contributed by atoms with Crippen molar-refractivity contribution in [1.82, 2.24) is 0 Å². The Labute approximate surface area is 125 Å². The Kier molecular flexibility index (Phi) is 3.43. The summed E-state index contributed by atoms with van der Waals surface area (Å²) in [5.41, 5.74) is -5.39. The number of sulfone groups is 1. The van der Waals surface area contributed by atoms with Crippen LogP contribution in [-0.2, 0) is 9.84 Å². The lowest BCUT2D eigenvalue weighted by Gasteiger charge is -2.35. The van der Waals surface area contributed by atoms with E-state index in [4.69, 9.17) is 0 Å². The minimum Gasteiger partial charge on any atom is -0.370 e. The molecule has 0 amide bonds. The Morgan fingerprint density at radius 1 is 1.14 bits per heavy atom. The lowest BCUT2D eigenvalue weighted by atomic mass is 9.94. The number of nitrogens with zero attached hydrogens (tertiary/aromatic N) is 1. The van der Waals surface area contributed by atoms with Crippen LogP contribution in [0.4, 0.5) is 23.2 Å². The highest BCUT2D eigenvalue weighted by Crippen LogP contribution is 2.53. The summed E-state index contributed by atoms with van der Waals surface area (Å²) in [6.07, 6.45) is 3.81. The molecule has 3 nitrogen and oxygen atoms in total. The Bertz CT molecular complexity index is 695. The molecule has 8 heteroatoms. The van der Waals surface area contributed by atoms with Crippen LogP contribution in [0.2, 0.25) is 0 Å². The molecule has 1 aromatic carbocycles. The fourth-order valence-corrected chi connectivity index (χ4v) is 4.08. The van der Waals surface area contributed by atoms with Crippen LogP contribution in [0.5, 0.6) is 0 Å². The van der Waals surface area contributed by atoms with Crippen molar-refractivity contribution in [3.63, 3.8) is 0 Å². The van der Waals surface area contributed by atoms with Crippen LogP contribution in [-0.4, -0.2) is 27.0 Å². The molecule has 3 rings (SSSR count). The number of anilines is 1. The Morgan fingerprint density at radius 3 is 2.41 bits per heavy atom. The Balaban J connectivity index is 2.05. The van der Waals surface area contributed by atoms with E-state index in [0.717, 1.165) is 37.8 Å². The van der Waals surface area contributed by atoms with Gasteiger partial charge in [0.1, 0.15) is 10.7 Å². The Hall–Kier alpha value is -1.31. The molecule has 0 atom stereocenters. The molecule has 0 radical (unpaired) electrons. The van der Waals surface area contributed by atoms with Crippen LogP contribution in [0, 0.1) is 11.2 Å². The standard InChI is InChI=1S/C14H15F4NO2S/c15-10-2-3-11(12(8-10)22(20,21)14(16,17)18)19-7-1-4-13(9-19)5-6-13/h2-3,8H,1,4-7,9H2. The van der Waals surface area contributed by atoms with Crippen LogP contribution < -0.4 is 4.90 Å². The predicted molar refractivity (Wildman–Crippen MR) is 72.8 cm³/mol. The summed E-state index contributed by atoms with van der Waals surface area (Å²) < 4.78 is 75.3. The van der Waals surface area contributed by atoms with E-state index in [-0.39, 0.29) is 11.1 Å². The van der Waals surface area contributed by atoms with Crippen molar-refractivity contribution >= 4 is 15.5 Å². The molecular formula is C14H15F4NO2S. The van der Waals surface area contributed by atoms with Gasteiger partial charge in [-0.2, -0.15) is 13.2 Å². The molecule has 2 fully saturated rings. The first-order valence-electron chi connectivity index (χ1n) is 7.01. The average Bonchev–Trinajstić information content (AvgIpc) is 3.16. The topological polar surface area (TPSA) is 37.4 Å². The highest BCUT2D eigenvalue weighted by molar-refractivity contribution is 7.92. The lowest BCUT2D eigenvalue weighted by molar-refractivity contribution is -0.0435. The summed E-state index contributed by atoms with van der Waals surface area (Å²) in [5, 5.41) is 0. The lowest BCUT2D eigenvalue weighted by Crippen LogP contribution is -2.38. The number of alkyl halides is 3. The maximum Gasteiger partial charge on any atom is 0.501 e. The van der Waals surface area contributed by atoms with Gasteiger partial charge < -0.3 is 4.90 Å². The minimum atomic E-state index is -5.58. The smallest absolute Gasteiger partial charge is 0.370 e. The van der Waals surface area contributed by atoms with Gasteiger partial charge in [-0.25, -0.2) is 12.8 Å². The molecule has 22 heavy (non-hydrogen) atoms. The zero-order valence-electron chi connectivity index (χ0n) is 11.7. The second-order valence-electron chi connectivity index (χ2n) is 6.09. The summed E-state index contributed by atoms with van der Waals surface area (Å²) in [6, 6.07) is 2.60. The number of hydrogen-bond donors (Lipinski definition) is 0. The molecule has 1 saturated heterocycles. The molecule has 1 heterocycles. The van der Waals surface area contributed by atoms with Crippen molar-refractivity contribution in [3.05, 3.63) is 24.0 Å². The number of benzene rings is 1. The fraction of sp³-hybridized carbons (Fsp3) is 0.571. The maximum atomic E-state index is 13.3. The summed E-state index contributed by atoms with van der Waals surface area (Å²) in [6.45, 7) is 1.01. The third-order valence-electron chi connectivity index (χ3n) is 4.48. The van der Waals surface area contributed by atoms with Crippen LogP contribution in [0.1, 0.15) is 25.7 Å². The highest BCUT2D eigenvalue weighted by Gasteiger charge is 2.50. The maximum absolute atomic E-state index is 13.3. The van der Waals surface area contributed by atoms with E-state index in [9.17, 15) is 26.0 Å². The minimum absolute atomic E-state index is 0.0512. The fourth-order valence-electron chi connectivity index (χ4n) is 3.09. The normalized spacial score (nSPS) is 21.2. The monoisotopic (exact) mass is 337 g/mol. The van der Waals surface area contributed by atoms with E-state index in [1.54, 1.807) is 4.90 Å². The van der Waals surface area contributed by atoms with E-state index in [1.165, 1.54) is 0 Å². The van der Waals surface area contributed by atoms with Crippen LogP contribution in [0.3, 0.4) is 0 Å². The summed E-state index contributed by atoms with van der Waals surface area (Å²) in [5.74, 6) is -0.996. The first-order valence-corrected chi connectivity index (χ1v) is 8.49. The number of rotatable bonds is 2.